The molecule has 1 amide bonds. The zero-order valence-electron chi connectivity index (χ0n) is 9.28. The maximum absolute atomic E-state index is 11.7. The molecule has 2 N–H and O–H groups in total. The molecule has 3 nitrogen and oxygen atoms in total. The first kappa shape index (κ1) is 11.0. The maximum Gasteiger partial charge on any atom is 0.251 e. The van der Waals surface area contributed by atoms with Crippen LogP contribution in [0.1, 0.15) is 36.0 Å². The highest BCUT2D eigenvalue weighted by atomic mass is 16.3. The van der Waals surface area contributed by atoms with Gasteiger partial charge in [0.1, 0.15) is 5.75 Å². The van der Waals surface area contributed by atoms with E-state index >= 15 is 0 Å². The van der Waals surface area contributed by atoms with Gasteiger partial charge in [-0.25, -0.2) is 0 Å². The molecular weight excluding hydrogens is 202 g/mol. The van der Waals surface area contributed by atoms with Gasteiger partial charge in [0.25, 0.3) is 5.91 Å². The van der Waals surface area contributed by atoms with Gasteiger partial charge in [-0.05, 0) is 43.0 Å². The third kappa shape index (κ3) is 2.75. The van der Waals surface area contributed by atoms with E-state index in [0.29, 0.717) is 11.5 Å². The lowest BCUT2D eigenvalue weighted by atomic mass is 10.1. The molecule has 0 aromatic heterocycles. The SMILES string of the molecule is O=C(NCC1CCCC1)c1ccc(O)cc1. The van der Waals surface area contributed by atoms with E-state index in [2.05, 4.69) is 5.32 Å². The average Bonchev–Trinajstić information content (AvgIpc) is 2.80. The monoisotopic (exact) mass is 219 g/mol. The second-order valence-corrected chi connectivity index (χ2v) is 4.41. The Balaban J connectivity index is 1.85. The summed E-state index contributed by atoms with van der Waals surface area (Å²) in [6.45, 7) is 0.777. The Morgan fingerprint density at radius 3 is 2.50 bits per heavy atom. The van der Waals surface area contributed by atoms with Crippen LogP contribution in [0.2, 0.25) is 0 Å². The Hall–Kier alpha value is -1.51. The van der Waals surface area contributed by atoms with Crippen LogP contribution in [0, 0.1) is 5.92 Å². The van der Waals surface area contributed by atoms with Gasteiger partial charge in [-0.1, -0.05) is 12.8 Å². The summed E-state index contributed by atoms with van der Waals surface area (Å²) >= 11 is 0. The number of aromatic hydroxyl groups is 1. The smallest absolute Gasteiger partial charge is 0.251 e. The molecule has 0 atom stereocenters. The quantitative estimate of drug-likeness (QED) is 0.819. The Labute approximate surface area is 95.5 Å². The Kier molecular flexibility index (Phi) is 3.44. The molecule has 0 radical (unpaired) electrons. The van der Waals surface area contributed by atoms with Crippen LogP contribution in [-0.2, 0) is 0 Å². The third-order valence-electron chi connectivity index (χ3n) is 3.16. The highest BCUT2D eigenvalue weighted by Gasteiger charge is 2.15. The number of rotatable bonds is 3. The number of benzene rings is 1. The van der Waals surface area contributed by atoms with E-state index in [1.807, 2.05) is 0 Å². The van der Waals surface area contributed by atoms with Crippen LogP contribution in [0.3, 0.4) is 0 Å². The summed E-state index contributed by atoms with van der Waals surface area (Å²) in [7, 11) is 0. The standard InChI is InChI=1S/C13H17NO2/c15-12-7-5-11(6-8-12)13(16)14-9-10-3-1-2-4-10/h5-8,10,15H,1-4,9H2,(H,14,16). The highest BCUT2D eigenvalue weighted by Crippen LogP contribution is 2.23. The van der Waals surface area contributed by atoms with Crippen LogP contribution < -0.4 is 5.32 Å². The van der Waals surface area contributed by atoms with Gasteiger partial charge < -0.3 is 10.4 Å². The molecule has 0 saturated heterocycles. The molecule has 1 fully saturated rings. The van der Waals surface area contributed by atoms with Gasteiger partial charge in [0.2, 0.25) is 0 Å². The Bertz CT molecular complexity index is 353. The van der Waals surface area contributed by atoms with Crippen LogP contribution in [0.4, 0.5) is 0 Å². The first-order valence-corrected chi connectivity index (χ1v) is 5.83. The van der Waals surface area contributed by atoms with Crippen molar-refractivity contribution in [3.05, 3.63) is 29.8 Å². The average molecular weight is 219 g/mol. The second-order valence-electron chi connectivity index (χ2n) is 4.41. The first-order chi connectivity index (χ1) is 7.75. The summed E-state index contributed by atoms with van der Waals surface area (Å²) < 4.78 is 0. The lowest BCUT2D eigenvalue weighted by Gasteiger charge is -2.10. The fraction of sp³-hybridized carbons (Fsp3) is 0.462. The van der Waals surface area contributed by atoms with Gasteiger partial charge in [0.05, 0.1) is 0 Å². The Morgan fingerprint density at radius 1 is 1.25 bits per heavy atom. The van der Waals surface area contributed by atoms with Crippen molar-refractivity contribution in [1.29, 1.82) is 0 Å². The van der Waals surface area contributed by atoms with Crippen LogP contribution in [0.25, 0.3) is 0 Å². The fourth-order valence-corrected chi connectivity index (χ4v) is 2.17. The Morgan fingerprint density at radius 2 is 1.88 bits per heavy atom. The molecule has 0 bridgehead atoms. The largest absolute Gasteiger partial charge is 0.508 e. The van der Waals surface area contributed by atoms with Crippen molar-refractivity contribution in [1.82, 2.24) is 5.32 Å². The summed E-state index contributed by atoms with van der Waals surface area (Å²) in [5.74, 6) is 0.792. The van der Waals surface area contributed by atoms with E-state index < -0.39 is 0 Å². The predicted molar refractivity (Wildman–Crippen MR) is 62.4 cm³/mol. The first-order valence-electron chi connectivity index (χ1n) is 5.83. The molecule has 1 aliphatic rings. The summed E-state index contributed by atoms with van der Waals surface area (Å²) in [5, 5.41) is 12.0. The van der Waals surface area contributed by atoms with E-state index in [-0.39, 0.29) is 11.7 Å². The predicted octanol–water partition coefficient (Wildman–Crippen LogP) is 2.31. The number of hydrogen-bond donors (Lipinski definition) is 2. The maximum atomic E-state index is 11.7. The zero-order chi connectivity index (χ0) is 11.4. The number of phenols is 1. The zero-order valence-corrected chi connectivity index (χ0v) is 9.28. The minimum atomic E-state index is -0.0492. The van der Waals surface area contributed by atoms with Gasteiger partial charge in [-0.2, -0.15) is 0 Å². The number of phenolic OH excluding ortho intramolecular Hbond substituents is 1. The molecule has 16 heavy (non-hydrogen) atoms. The normalized spacial score (nSPS) is 16.2. The van der Waals surface area contributed by atoms with Crippen LogP contribution in [0.5, 0.6) is 5.75 Å². The van der Waals surface area contributed by atoms with E-state index in [1.54, 1.807) is 12.1 Å². The van der Waals surface area contributed by atoms with Crippen molar-refractivity contribution >= 4 is 5.91 Å². The van der Waals surface area contributed by atoms with Gasteiger partial charge in [-0.15, -0.1) is 0 Å². The van der Waals surface area contributed by atoms with Gasteiger partial charge in [0.15, 0.2) is 0 Å². The van der Waals surface area contributed by atoms with Gasteiger partial charge >= 0.3 is 0 Å². The van der Waals surface area contributed by atoms with Gasteiger partial charge in [0, 0.05) is 12.1 Å². The molecule has 86 valence electrons. The van der Waals surface area contributed by atoms with Crippen molar-refractivity contribution in [2.75, 3.05) is 6.54 Å². The molecule has 2 rings (SSSR count). The summed E-state index contributed by atoms with van der Waals surface area (Å²) in [6.07, 6.45) is 5.05. The third-order valence-corrected chi connectivity index (χ3v) is 3.16. The number of hydrogen-bond acceptors (Lipinski definition) is 2. The molecule has 0 unspecified atom stereocenters. The lowest BCUT2D eigenvalue weighted by Crippen LogP contribution is -2.28. The molecule has 1 saturated carbocycles. The summed E-state index contributed by atoms with van der Waals surface area (Å²) in [5.41, 5.74) is 0.607. The molecule has 0 heterocycles. The number of amides is 1. The van der Waals surface area contributed by atoms with Crippen molar-refractivity contribution in [3.8, 4) is 5.75 Å². The van der Waals surface area contributed by atoms with Crippen LogP contribution in [-0.4, -0.2) is 17.6 Å². The van der Waals surface area contributed by atoms with Crippen LogP contribution >= 0.6 is 0 Å². The number of carbonyl (C=O) groups excluding carboxylic acids is 1. The molecule has 1 aromatic carbocycles. The molecule has 0 spiro atoms. The lowest BCUT2D eigenvalue weighted by molar-refractivity contribution is 0.0947. The summed E-state index contributed by atoms with van der Waals surface area (Å²) in [4.78, 5) is 11.7. The van der Waals surface area contributed by atoms with E-state index in [1.165, 1.54) is 37.8 Å². The van der Waals surface area contributed by atoms with Crippen molar-refractivity contribution in [2.24, 2.45) is 5.92 Å². The minimum Gasteiger partial charge on any atom is -0.508 e. The molecular formula is C13H17NO2. The topological polar surface area (TPSA) is 49.3 Å². The van der Waals surface area contributed by atoms with Crippen LogP contribution in [0.15, 0.2) is 24.3 Å². The van der Waals surface area contributed by atoms with Crippen molar-refractivity contribution in [3.63, 3.8) is 0 Å². The van der Waals surface area contributed by atoms with Crippen molar-refractivity contribution < 1.29 is 9.90 Å². The second kappa shape index (κ2) is 5.01. The van der Waals surface area contributed by atoms with E-state index in [0.717, 1.165) is 6.54 Å². The minimum absolute atomic E-state index is 0.0492. The van der Waals surface area contributed by atoms with E-state index in [4.69, 9.17) is 5.11 Å². The highest BCUT2D eigenvalue weighted by molar-refractivity contribution is 5.94. The molecule has 0 aliphatic heterocycles. The number of nitrogens with one attached hydrogen (secondary N) is 1. The molecule has 3 heteroatoms. The fourth-order valence-electron chi connectivity index (χ4n) is 2.17. The number of carbonyl (C=O) groups is 1. The molecule has 1 aliphatic carbocycles. The molecule has 1 aromatic rings. The van der Waals surface area contributed by atoms with Gasteiger partial charge in [-0.3, -0.25) is 4.79 Å². The summed E-state index contributed by atoms with van der Waals surface area (Å²) in [6, 6.07) is 6.34. The van der Waals surface area contributed by atoms with Crippen molar-refractivity contribution in [2.45, 2.75) is 25.7 Å². The van der Waals surface area contributed by atoms with E-state index in [9.17, 15) is 4.79 Å².